The predicted octanol–water partition coefficient (Wildman–Crippen LogP) is 1.80. The Morgan fingerprint density at radius 1 is 1.12 bits per heavy atom. The third kappa shape index (κ3) is 3.18. The van der Waals surface area contributed by atoms with Gasteiger partial charge in [0.05, 0.1) is 12.2 Å². The topological polar surface area (TPSA) is 90.5 Å². The van der Waals surface area contributed by atoms with Gasteiger partial charge in [-0.2, -0.15) is 5.01 Å². The van der Waals surface area contributed by atoms with E-state index >= 15 is 0 Å². The summed E-state index contributed by atoms with van der Waals surface area (Å²) in [6, 6.07) is 0.915. The summed E-state index contributed by atoms with van der Waals surface area (Å²) >= 11 is 0. The second kappa shape index (κ2) is 6.85. The SMILES string of the molecule is O=C(CNc1ccc(F)c(F)c1F)NN1C(=O)NC2(CCCCC2)C1=O. The number of hydrazine groups is 1. The van der Waals surface area contributed by atoms with E-state index in [4.69, 9.17) is 0 Å². The zero-order valence-electron chi connectivity index (χ0n) is 13.7. The first-order valence-corrected chi connectivity index (χ1v) is 8.18. The summed E-state index contributed by atoms with van der Waals surface area (Å²) < 4.78 is 39.6. The van der Waals surface area contributed by atoms with Gasteiger partial charge in [-0.05, 0) is 25.0 Å². The fourth-order valence-corrected chi connectivity index (χ4v) is 3.22. The number of hydrogen-bond donors (Lipinski definition) is 3. The largest absolute Gasteiger partial charge is 0.374 e. The monoisotopic (exact) mass is 370 g/mol. The molecular formula is C16H17F3N4O3. The van der Waals surface area contributed by atoms with Crippen molar-refractivity contribution in [2.45, 2.75) is 37.6 Å². The van der Waals surface area contributed by atoms with E-state index < -0.39 is 53.1 Å². The number of rotatable bonds is 4. The van der Waals surface area contributed by atoms with Crippen LogP contribution in [0.4, 0.5) is 23.7 Å². The molecule has 1 saturated heterocycles. The molecule has 0 bridgehead atoms. The van der Waals surface area contributed by atoms with Gasteiger partial charge in [-0.3, -0.25) is 15.0 Å². The highest BCUT2D eigenvalue weighted by Crippen LogP contribution is 2.33. The highest BCUT2D eigenvalue weighted by atomic mass is 19.2. The second-order valence-electron chi connectivity index (χ2n) is 6.32. The van der Waals surface area contributed by atoms with Gasteiger partial charge in [0.1, 0.15) is 5.54 Å². The Morgan fingerprint density at radius 3 is 2.50 bits per heavy atom. The molecule has 2 aliphatic rings. The van der Waals surface area contributed by atoms with Crippen molar-refractivity contribution in [3.05, 3.63) is 29.6 Å². The summed E-state index contributed by atoms with van der Waals surface area (Å²) in [6.07, 6.45) is 3.57. The molecular weight excluding hydrogens is 353 g/mol. The summed E-state index contributed by atoms with van der Waals surface area (Å²) in [4.78, 5) is 36.5. The van der Waals surface area contributed by atoms with Gasteiger partial charge in [0.2, 0.25) is 0 Å². The molecule has 0 aromatic heterocycles. The van der Waals surface area contributed by atoms with Crippen molar-refractivity contribution < 1.29 is 27.6 Å². The second-order valence-corrected chi connectivity index (χ2v) is 6.32. The first-order valence-electron chi connectivity index (χ1n) is 8.18. The zero-order chi connectivity index (χ0) is 18.9. The number of hydrogen-bond acceptors (Lipinski definition) is 4. The number of nitrogens with one attached hydrogen (secondary N) is 3. The Morgan fingerprint density at radius 2 is 1.81 bits per heavy atom. The van der Waals surface area contributed by atoms with E-state index in [1.165, 1.54) is 0 Å². The fourth-order valence-electron chi connectivity index (χ4n) is 3.22. The molecule has 2 fully saturated rings. The summed E-state index contributed by atoms with van der Waals surface area (Å²) in [6.45, 7) is -0.550. The van der Waals surface area contributed by atoms with Crippen molar-refractivity contribution in [2.24, 2.45) is 0 Å². The minimum Gasteiger partial charge on any atom is -0.374 e. The molecule has 1 heterocycles. The van der Waals surface area contributed by atoms with Crippen LogP contribution in [-0.2, 0) is 9.59 Å². The van der Waals surface area contributed by atoms with Crippen molar-refractivity contribution in [3.63, 3.8) is 0 Å². The maximum atomic E-state index is 13.5. The third-order valence-corrected chi connectivity index (χ3v) is 4.58. The molecule has 1 aliphatic heterocycles. The van der Waals surface area contributed by atoms with Crippen LogP contribution in [0.3, 0.4) is 0 Å². The number of benzene rings is 1. The van der Waals surface area contributed by atoms with E-state index in [2.05, 4.69) is 16.1 Å². The lowest BCUT2D eigenvalue weighted by molar-refractivity contribution is -0.139. The molecule has 26 heavy (non-hydrogen) atoms. The van der Waals surface area contributed by atoms with Crippen LogP contribution >= 0.6 is 0 Å². The lowest BCUT2D eigenvalue weighted by Gasteiger charge is -2.30. The third-order valence-electron chi connectivity index (χ3n) is 4.58. The number of carbonyl (C=O) groups is 3. The molecule has 0 unspecified atom stereocenters. The molecule has 1 aliphatic carbocycles. The average molecular weight is 370 g/mol. The number of nitrogens with zero attached hydrogens (tertiary/aromatic N) is 1. The van der Waals surface area contributed by atoms with Crippen molar-refractivity contribution in [2.75, 3.05) is 11.9 Å². The zero-order valence-corrected chi connectivity index (χ0v) is 13.7. The molecule has 140 valence electrons. The molecule has 1 aromatic carbocycles. The van der Waals surface area contributed by atoms with Crippen LogP contribution in [-0.4, -0.2) is 34.9 Å². The summed E-state index contributed by atoms with van der Waals surface area (Å²) in [5, 5.41) is 5.52. The van der Waals surface area contributed by atoms with Crippen LogP contribution in [0.1, 0.15) is 32.1 Å². The van der Waals surface area contributed by atoms with Crippen LogP contribution in [0.5, 0.6) is 0 Å². The van der Waals surface area contributed by atoms with Crippen LogP contribution in [0, 0.1) is 17.5 Å². The first-order chi connectivity index (χ1) is 12.3. The Balaban J connectivity index is 1.61. The Hall–Kier alpha value is -2.78. The minimum atomic E-state index is -1.66. The number of urea groups is 1. The molecule has 0 radical (unpaired) electrons. The molecule has 4 amide bonds. The Labute approximate surface area is 146 Å². The highest BCUT2D eigenvalue weighted by Gasteiger charge is 2.52. The summed E-state index contributed by atoms with van der Waals surface area (Å²) in [5.74, 6) is -5.83. The van der Waals surface area contributed by atoms with Gasteiger partial charge in [-0.15, -0.1) is 0 Å². The summed E-state index contributed by atoms with van der Waals surface area (Å²) in [5.41, 5.74) is 0.745. The van der Waals surface area contributed by atoms with Gasteiger partial charge in [-0.1, -0.05) is 19.3 Å². The number of anilines is 1. The lowest BCUT2D eigenvalue weighted by Crippen LogP contribution is -2.51. The molecule has 3 rings (SSSR count). The van der Waals surface area contributed by atoms with E-state index in [1.807, 2.05) is 0 Å². The van der Waals surface area contributed by atoms with Crippen LogP contribution in [0.25, 0.3) is 0 Å². The van der Waals surface area contributed by atoms with Crippen LogP contribution in [0.2, 0.25) is 0 Å². The van der Waals surface area contributed by atoms with Crippen molar-refractivity contribution >= 4 is 23.5 Å². The van der Waals surface area contributed by atoms with Gasteiger partial charge in [0.15, 0.2) is 17.5 Å². The first kappa shape index (κ1) is 18.0. The van der Waals surface area contributed by atoms with Gasteiger partial charge < -0.3 is 10.6 Å². The molecule has 7 nitrogen and oxygen atoms in total. The molecule has 3 N–H and O–H groups in total. The smallest absolute Gasteiger partial charge is 0.344 e. The molecule has 10 heteroatoms. The maximum absolute atomic E-state index is 13.5. The van der Waals surface area contributed by atoms with Gasteiger partial charge in [0, 0.05) is 0 Å². The standard InChI is InChI=1S/C16H17F3N4O3/c17-9-4-5-10(13(19)12(9)18)20-8-11(24)22-23-14(25)16(21-15(23)26)6-2-1-3-7-16/h4-5,20H,1-3,6-8H2,(H,21,26)(H,22,24). The van der Waals surface area contributed by atoms with Crippen molar-refractivity contribution in [3.8, 4) is 0 Å². The van der Waals surface area contributed by atoms with E-state index in [-0.39, 0.29) is 0 Å². The number of halogens is 3. The Bertz CT molecular complexity index is 765. The van der Waals surface area contributed by atoms with Crippen LogP contribution < -0.4 is 16.1 Å². The molecule has 1 saturated carbocycles. The highest BCUT2D eigenvalue weighted by molar-refractivity contribution is 6.08. The van der Waals surface area contributed by atoms with Crippen LogP contribution in [0.15, 0.2) is 12.1 Å². The van der Waals surface area contributed by atoms with E-state index in [1.54, 1.807) is 0 Å². The number of imide groups is 1. The fraction of sp³-hybridized carbons (Fsp3) is 0.438. The van der Waals surface area contributed by atoms with Crippen molar-refractivity contribution in [1.29, 1.82) is 0 Å². The van der Waals surface area contributed by atoms with Gasteiger partial charge >= 0.3 is 6.03 Å². The normalized spacial score (nSPS) is 18.8. The Kier molecular flexibility index (Phi) is 4.75. The average Bonchev–Trinajstić information content (AvgIpc) is 2.84. The number of amides is 4. The van der Waals surface area contributed by atoms with Gasteiger partial charge in [-0.25, -0.2) is 18.0 Å². The lowest BCUT2D eigenvalue weighted by atomic mass is 9.82. The van der Waals surface area contributed by atoms with E-state index in [0.717, 1.165) is 25.3 Å². The van der Waals surface area contributed by atoms with Crippen molar-refractivity contribution in [1.82, 2.24) is 15.8 Å². The molecule has 0 atom stereocenters. The van der Waals surface area contributed by atoms with Gasteiger partial charge in [0.25, 0.3) is 11.8 Å². The number of carbonyl (C=O) groups excluding carboxylic acids is 3. The quantitative estimate of drug-likeness (QED) is 0.557. The maximum Gasteiger partial charge on any atom is 0.344 e. The summed E-state index contributed by atoms with van der Waals surface area (Å²) in [7, 11) is 0. The molecule has 1 aromatic rings. The molecule has 1 spiro atoms. The predicted molar refractivity (Wildman–Crippen MR) is 84.1 cm³/mol. The van der Waals surface area contributed by atoms with E-state index in [0.29, 0.717) is 23.9 Å². The minimum absolute atomic E-state index is 0.417. The van der Waals surface area contributed by atoms with E-state index in [9.17, 15) is 27.6 Å².